The molecular weight excluding hydrogens is 345 g/mol. The molecule has 5 nitrogen and oxygen atoms in total. The summed E-state index contributed by atoms with van der Waals surface area (Å²) in [6.45, 7) is 1.55. The van der Waals surface area contributed by atoms with Crippen LogP contribution in [-0.4, -0.2) is 32.4 Å². The number of halogens is 2. The molecular formula is C14H19Cl2N3O2S. The molecule has 8 heteroatoms. The standard InChI is InChI=1S/C14H18ClN3O2S.ClH/c15-13-8-12(9-17)3-4-14(13)21(19,20)18-7-1-2-11(10-18)5-6-16;/h3-4,8,11H,1-2,5-7,10,16H2;1H. The van der Waals surface area contributed by atoms with E-state index in [1.54, 1.807) is 0 Å². The lowest BCUT2D eigenvalue weighted by molar-refractivity contribution is 0.258. The third-order valence-corrected chi connectivity index (χ3v) is 6.08. The second-order valence-corrected chi connectivity index (χ2v) is 7.52. The van der Waals surface area contributed by atoms with Crippen molar-refractivity contribution in [2.24, 2.45) is 11.7 Å². The minimum Gasteiger partial charge on any atom is -0.330 e. The summed E-state index contributed by atoms with van der Waals surface area (Å²) in [6, 6.07) is 6.21. The van der Waals surface area contributed by atoms with Gasteiger partial charge in [0.15, 0.2) is 0 Å². The maximum absolute atomic E-state index is 12.7. The molecule has 1 aromatic rings. The Morgan fingerprint density at radius 3 is 2.77 bits per heavy atom. The van der Waals surface area contributed by atoms with E-state index >= 15 is 0 Å². The van der Waals surface area contributed by atoms with Crippen LogP contribution in [0.15, 0.2) is 23.1 Å². The lowest BCUT2D eigenvalue weighted by atomic mass is 9.96. The van der Waals surface area contributed by atoms with E-state index in [1.807, 2.05) is 6.07 Å². The molecule has 122 valence electrons. The van der Waals surface area contributed by atoms with Crippen molar-refractivity contribution in [3.8, 4) is 6.07 Å². The Bertz CT molecular complexity index is 657. The predicted molar refractivity (Wildman–Crippen MR) is 88.6 cm³/mol. The highest BCUT2D eigenvalue weighted by atomic mass is 35.5. The van der Waals surface area contributed by atoms with Crippen molar-refractivity contribution in [1.29, 1.82) is 5.26 Å². The number of sulfonamides is 1. The molecule has 22 heavy (non-hydrogen) atoms. The van der Waals surface area contributed by atoms with Crippen molar-refractivity contribution in [3.05, 3.63) is 28.8 Å². The second-order valence-electron chi connectivity index (χ2n) is 5.21. The van der Waals surface area contributed by atoms with Crippen LogP contribution in [0.5, 0.6) is 0 Å². The van der Waals surface area contributed by atoms with Crippen molar-refractivity contribution in [1.82, 2.24) is 4.31 Å². The largest absolute Gasteiger partial charge is 0.330 e. The van der Waals surface area contributed by atoms with E-state index in [2.05, 4.69) is 0 Å². The molecule has 1 fully saturated rings. The molecule has 0 aromatic heterocycles. The van der Waals surface area contributed by atoms with Gasteiger partial charge in [-0.15, -0.1) is 12.4 Å². The Kier molecular flexibility index (Phi) is 7.10. The molecule has 1 aliphatic rings. The van der Waals surface area contributed by atoms with E-state index in [0.717, 1.165) is 19.3 Å². The average Bonchev–Trinajstić information content (AvgIpc) is 2.47. The van der Waals surface area contributed by atoms with Gasteiger partial charge in [-0.3, -0.25) is 0 Å². The number of piperidine rings is 1. The Hall–Kier alpha value is -0.840. The molecule has 0 radical (unpaired) electrons. The lowest BCUT2D eigenvalue weighted by Gasteiger charge is -2.32. The smallest absolute Gasteiger partial charge is 0.244 e. The summed E-state index contributed by atoms with van der Waals surface area (Å²) < 4.78 is 26.8. The van der Waals surface area contributed by atoms with Crippen LogP contribution in [-0.2, 0) is 10.0 Å². The van der Waals surface area contributed by atoms with Crippen molar-refractivity contribution in [2.75, 3.05) is 19.6 Å². The number of rotatable bonds is 4. The highest BCUT2D eigenvalue weighted by molar-refractivity contribution is 7.89. The van der Waals surface area contributed by atoms with Crippen LogP contribution in [0.2, 0.25) is 5.02 Å². The number of hydrogen-bond donors (Lipinski definition) is 1. The predicted octanol–water partition coefficient (Wildman–Crippen LogP) is 2.38. The first-order valence-electron chi connectivity index (χ1n) is 6.89. The fourth-order valence-electron chi connectivity index (χ4n) is 2.64. The highest BCUT2D eigenvalue weighted by Crippen LogP contribution is 2.29. The van der Waals surface area contributed by atoms with Crippen LogP contribution in [0, 0.1) is 17.2 Å². The first-order valence-corrected chi connectivity index (χ1v) is 8.70. The van der Waals surface area contributed by atoms with Crippen LogP contribution < -0.4 is 5.73 Å². The van der Waals surface area contributed by atoms with Gasteiger partial charge in [-0.2, -0.15) is 9.57 Å². The van der Waals surface area contributed by atoms with Gasteiger partial charge in [-0.05, 0) is 49.9 Å². The van der Waals surface area contributed by atoms with E-state index in [4.69, 9.17) is 22.6 Å². The third kappa shape index (κ3) is 4.12. The number of hydrogen-bond acceptors (Lipinski definition) is 4. The summed E-state index contributed by atoms with van der Waals surface area (Å²) in [4.78, 5) is 0.0663. The maximum Gasteiger partial charge on any atom is 0.244 e. The summed E-state index contributed by atoms with van der Waals surface area (Å²) in [5.41, 5.74) is 5.91. The monoisotopic (exact) mass is 363 g/mol. The first kappa shape index (κ1) is 19.2. The molecule has 1 saturated heterocycles. The Morgan fingerprint density at radius 1 is 1.45 bits per heavy atom. The van der Waals surface area contributed by atoms with Gasteiger partial charge in [0, 0.05) is 13.1 Å². The van der Waals surface area contributed by atoms with Crippen molar-refractivity contribution in [3.63, 3.8) is 0 Å². The fraction of sp³-hybridized carbons (Fsp3) is 0.500. The summed E-state index contributed by atoms with van der Waals surface area (Å²) >= 11 is 6.03. The topological polar surface area (TPSA) is 87.2 Å². The summed E-state index contributed by atoms with van der Waals surface area (Å²) in [5.74, 6) is 0.302. The fourth-order valence-corrected chi connectivity index (χ4v) is 4.71. The Morgan fingerprint density at radius 2 is 2.18 bits per heavy atom. The number of nitrogens with two attached hydrogens (primary N) is 1. The second kappa shape index (κ2) is 8.14. The molecule has 0 aliphatic carbocycles. The molecule has 1 unspecified atom stereocenters. The van der Waals surface area contributed by atoms with E-state index < -0.39 is 10.0 Å². The van der Waals surface area contributed by atoms with Gasteiger partial charge in [0.05, 0.1) is 16.7 Å². The van der Waals surface area contributed by atoms with Crippen LogP contribution in [0.25, 0.3) is 0 Å². The molecule has 0 spiro atoms. The SMILES string of the molecule is Cl.N#Cc1ccc(S(=O)(=O)N2CCCC(CCN)C2)c(Cl)c1. The van der Waals surface area contributed by atoms with Crippen molar-refractivity contribution in [2.45, 2.75) is 24.2 Å². The van der Waals surface area contributed by atoms with Crippen LogP contribution in [0.1, 0.15) is 24.8 Å². The molecule has 2 N–H and O–H groups in total. The average molecular weight is 364 g/mol. The third-order valence-electron chi connectivity index (χ3n) is 3.74. The van der Waals surface area contributed by atoms with Gasteiger partial charge >= 0.3 is 0 Å². The van der Waals surface area contributed by atoms with Crippen molar-refractivity contribution >= 4 is 34.0 Å². The Labute approximate surface area is 142 Å². The van der Waals surface area contributed by atoms with E-state index in [0.29, 0.717) is 31.1 Å². The maximum atomic E-state index is 12.7. The molecule has 0 amide bonds. The van der Waals surface area contributed by atoms with E-state index in [9.17, 15) is 8.42 Å². The van der Waals surface area contributed by atoms with Gasteiger partial charge in [-0.1, -0.05) is 11.6 Å². The minimum absolute atomic E-state index is 0. The molecule has 1 heterocycles. The van der Waals surface area contributed by atoms with Crippen molar-refractivity contribution < 1.29 is 8.42 Å². The van der Waals surface area contributed by atoms with E-state index in [-0.39, 0.29) is 22.3 Å². The molecule has 1 aliphatic heterocycles. The molecule has 0 saturated carbocycles. The van der Waals surface area contributed by atoms with E-state index in [1.165, 1.54) is 22.5 Å². The van der Waals surface area contributed by atoms with Crippen LogP contribution >= 0.6 is 24.0 Å². The summed E-state index contributed by atoms with van der Waals surface area (Å²) in [5, 5.41) is 8.91. The normalized spacial score (nSPS) is 19.2. The molecule has 2 rings (SSSR count). The zero-order valence-electron chi connectivity index (χ0n) is 12.0. The van der Waals surface area contributed by atoms with Gasteiger partial charge in [-0.25, -0.2) is 8.42 Å². The zero-order chi connectivity index (χ0) is 15.5. The quantitative estimate of drug-likeness (QED) is 0.889. The minimum atomic E-state index is -3.62. The van der Waals surface area contributed by atoms with Crippen LogP contribution in [0.3, 0.4) is 0 Å². The molecule has 1 aromatic carbocycles. The lowest BCUT2D eigenvalue weighted by Crippen LogP contribution is -2.40. The summed E-state index contributed by atoms with van der Waals surface area (Å²) in [6.07, 6.45) is 2.66. The first-order chi connectivity index (χ1) is 9.98. The molecule has 0 bridgehead atoms. The zero-order valence-corrected chi connectivity index (χ0v) is 14.4. The van der Waals surface area contributed by atoms with Gasteiger partial charge in [0.2, 0.25) is 10.0 Å². The number of nitriles is 1. The van der Waals surface area contributed by atoms with Gasteiger partial charge in [0.1, 0.15) is 4.90 Å². The number of benzene rings is 1. The van der Waals surface area contributed by atoms with Crippen LogP contribution in [0.4, 0.5) is 0 Å². The number of nitrogens with zero attached hydrogens (tertiary/aromatic N) is 2. The summed E-state index contributed by atoms with van der Waals surface area (Å²) in [7, 11) is -3.62. The molecule has 1 atom stereocenters. The van der Waals surface area contributed by atoms with Gasteiger partial charge < -0.3 is 5.73 Å². The highest BCUT2D eigenvalue weighted by Gasteiger charge is 2.31. The van der Waals surface area contributed by atoms with Gasteiger partial charge in [0.25, 0.3) is 0 Å². The Balaban J connectivity index is 0.00000242.